The molecule has 0 saturated heterocycles. The fraction of sp³-hybridized carbons (Fsp3) is 0.0750. The van der Waals surface area contributed by atoms with Gasteiger partial charge in [0.1, 0.15) is 5.01 Å². The van der Waals surface area contributed by atoms with Crippen molar-refractivity contribution in [3.05, 3.63) is 157 Å². The van der Waals surface area contributed by atoms with Gasteiger partial charge in [-0.2, -0.15) is 0 Å². The molecule has 3 heteroatoms. The number of nitrogens with zero attached hydrogens (tertiary/aromatic N) is 2. The average Bonchev–Trinajstić information content (AvgIpc) is 3.58. The Bertz CT molecular complexity index is 2080. The lowest BCUT2D eigenvalue weighted by atomic mass is 9.82. The second-order valence-corrected chi connectivity index (χ2v) is 12.7. The highest BCUT2D eigenvalue weighted by Crippen LogP contribution is 2.52. The predicted molar refractivity (Wildman–Crippen MR) is 183 cm³/mol. The van der Waals surface area contributed by atoms with E-state index in [4.69, 9.17) is 4.98 Å². The van der Waals surface area contributed by atoms with Crippen LogP contribution in [0.3, 0.4) is 0 Å². The smallest absolute Gasteiger partial charge is 0.124 e. The number of rotatable bonds is 5. The summed E-state index contributed by atoms with van der Waals surface area (Å²) in [7, 11) is 0. The van der Waals surface area contributed by atoms with E-state index in [0.717, 1.165) is 27.6 Å². The molecule has 6 aromatic carbocycles. The van der Waals surface area contributed by atoms with Gasteiger partial charge in [0.25, 0.3) is 0 Å². The molecule has 0 atom stereocenters. The van der Waals surface area contributed by atoms with Crippen molar-refractivity contribution in [2.45, 2.75) is 19.3 Å². The van der Waals surface area contributed by atoms with Gasteiger partial charge in [-0.1, -0.05) is 111 Å². The van der Waals surface area contributed by atoms with Gasteiger partial charge in [-0.3, -0.25) is 0 Å². The lowest BCUT2D eigenvalue weighted by Crippen LogP contribution is -2.16. The molecule has 0 aliphatic heterocycles. The Morgan fingerprint density at radius 2 is 1.07 bits per heavy atom. The minimum Gasteiger partial charge on any atom is -0.310 e. The largest absolute Gasteiger partial charge is 0.310 e. The molecule has 0 radical (unpaired) electrons. The van der Waals surface area contributed by atoms with E-state index in [1.165, 1.54) is 43.6 Å². The standard InChI is InChI=1S/C40H30N2S/c1-40(2)35-24-32(42(30-16-10-5-11-17-30)31-20-18-28(19-21-31)27-12-6-3-7-13-27)22-23-33(35)34-25-38-37(26-36(34)40)41-39(43-38)29-14-8-4-9-15-29/h3-26H,1-2H3. The summed E-state index contributed by atoms with van der Waals surface area (Å²) in [4.78, 5) is 7.41. The Balaban J connectivity index is 1.22. The molecule has 7 aromatic rings. The molecule has 0 amide bonds. The molecular weight excluding hydrogens is 541 g/mol. The van der Waals surface area contributed by atoms with E-state index in [-0.39, 0.29) is 5.41 Å². The van der Waals surface area contributed by atoms with Gasteiger partial charge in [0, 0.05) is 28.0 Å². The maximum atomic E-state index is 5.05. The van der Waals surface area contributed by atoms with E-state index in [1.807, 2.05) is 0 Å². The number of fused-ring (bicyclic) bond motifs is 4. The third-order valence-electron chi connectivity index (χ3n) is 8.69. The van der Waals surface area contributed by atoms with Crippen LogP contribution in [-0.2, 0) is 5.41 Å². The van der Waals surface area contributed by atoms with Crippen LogP contribution in [0.1, 0.15) is 25.0 Å². The molecule has 43 heavy (non-hydrogen) atoms. The number of hydrogen-bond acceptors (Lipinski definition) is 3. The van der Waals surface area contributed by atoms with Crippen LogP contribution >= 0.6 is 11.3 Å². The Morgan fingerprint density at radius 3 is 1.77 bits per heavy atom. The highest BCUT2D eigenvalue weighted by atomic mass is 32.1. The topological polar surface area (TPSA) is 16.1 Å². The summed E-state index contributed by atoms with van der Waals surface area (Å²) in [6, 6.07) is 52.3. The Labute approximate surface area is 256 Å². The van der Waals surface area contributed by atoms with Gasteiger partial charge in [0.15, 0.2) is 0 Å². The maximum Gasteiger partial charge on any atom is 0.124 e. The summed E-state index contributed by atoms with van der Waals surface area (Å²) in [5.41, 5.74) is 13.3. The Kier molecular flexibility index (Phi) is 6.02. The van der Waals surface area contributed by atoms with Crippen molar-refractivity contribution in [1.29, 1.82) is 0 Å². The molecule has 0 spiro atoms. The molecule has 1 aliphatic carbocycles. The molecule has 8 rings (SSSR count). The molecule has 0 saturated carbocycles. The molecule has 0 fully saturated rings. The van der Waals surface area contributed by atoms with Gasteiger partial charge in [-0.15, -0.1) is 11.3 Å². The first kappa shape index (κ1) is 25.7. The summed E-state index contributed by atoms with van der Waals surface area (Å²) in [5.74, 6) is 0. The van der Waals surface area contributed by atoms with E-state index < -0.39 is 0 Å². The van der Waals surface area contributed by atoms with Crippen molar-refractivity contribution in [2.75, 3.05) is 4.90 Å². The number of anilines is 3. The van der Waals surface area contributed by atoms with Gasteiger partial charge < -0.3 is 4.90 Å². The van der Waals surface area contributed by atoms with Crippen molar-refractivity contribution in [1.82, 2.24) is 4.98 Å². The van der Waals surface area contributed by atoms with Crippen molar-refractivity contribution in [3.63, 3.8) is 0 Å². The predicted octanol–water partition coefficient (Wildman–Crippen LogP) is 11.4. The average molecular weight is 571 g/mol. The first-order valence-corrected chi connectivity index (χ1v) is 15.5. The van der Waals surface area contributed by atoms with Gasteiger partial charge in [0.2, 0.25) is 0 Å². The fourth-order valence-electron chi connectivity index (χ4n) is 6.44. The quantitative estimate of drug-likeness (QED) is 0.205. The first-order valence-electron chi connectivity index (χ1n) is 14.7. The lowest BCUT2D eigenvalue weighted by Gasteiger charge is -2.28. The van der Waals surface area contributed by atoms with Crippen LogP contribution in [0, 0.1) is 0 Å². The van der Waals surface area contributed by atoms with E-state index in [2.05, 4.69) is 164 Å². The van der Waals surface area contributed by atoms with E-state index in [9.17, 15) is 0 Å². The Hall–Kier alpha value is -4.99. The summed E-state index contributed by atoms with van der Waals surface area (Å²) in [6.07, 6.45) is 0. The zero-order chi connectivity index (χ0) is 29.0. The van der Waals surface area contributed by atoms with Crippen LogP contribution in [0.15, 0.2) is 146 Å². The monoisotopic (exact) mass is 570 g/mol. The number of aromatic nitrogens is 1. The number of para-hydroxylation sites is 1. The molecule has 1 aliphatic rings. The molecule has 2 nitrogen and oxygen atoms in total. The summed E-state index contributed by atoms with van der Waals surface area (Å²) < 4.78 is 1.23. The highest BCUT2D eigenvalue weighted by molar-refractivity contribution is 7.21. The number of benzene rings is 6. The van der Waals surface area contributed by atoms with Gasteiger partial charge in [0.05, 0.1) is 10.2 Å². The molecule has 1 heterocycles. The van der Waals surface area contributed by atoms with Crippen LogP contribution in [0.2, 0.25) is 0 Å². The number of hydrogen-bond donors (Lipinski definition) is 0. The second kappa shape index (κ2) is 10.1. The lowest BCUT2D eigenvalue weighted by molar-refractivity contribution is 0.661. The molecule has 206 valence electrons. The Morgan fingerprint density at radius 1 is 0.512 bits per heavy atom. The van der Waals surface area contributed by atoms with Crippen molar-refractivity contribution >= 4 is 38.6 Å². The minimum absolute atomic E-state index is 0.148. The van der Waals surface area contributed by atoms with E-state index >= 15 is 0 Å². The van der Waals surface area contributed by atoms with Crippen LogP contribution in [0.25, 0.3) is 43.0 Å². The second-order valence-electron chi connectivity index (χ2n) is 11.7. The molecule has 0 bridgehead atoms. The van der Waals surface area contributed by atoms with Crippen LogP contribution in [0.4, 0.5) is 17.1 Å². The summed E-state index contributed by atoms with van der Waals surface area (Å²) in [6.45, 7) is 4.69. The van der Waals surface area contributed by atoms with Crippen molar-refractivity contribution < 1.29 is 0 Å². The zero-order valence-electron chi connectivity index (χ0n) is 24.2. The maximum absolute atomic E-state index is 5.05. The highest BCUT2D eigenvalue weighted by Gasteiger charge is 2.37. The minimum atomic E-state index is -0.148. The van der Waals surface area contributed by atoms with Crippen molar-refractivity contribution in [3.8, 4) is 32.8 Å². The molecule has 0 unspecified atom stereocenters. The summed E-state index contributed by atoms with van der Waals surface area (Å²) >= 11 is 1.77. The van der Waals surface area contributed by atoms with Crippen molar-refractivity contribution in [2.24, 2.45) is 0 Å². The van der Waals surface area contributed by atoms with Crippen LogP contribution in [-0.4, -0.2) is 4.98 Å². The van der Waals surface area contributed by atoms with Crippen LogP contribution < -0.4 is 4.90 Å². The van der Waals surface area contributed by atoms with Gasteiger partial charge in [-0.25, -0.2) is 4.98 Å². The molecule has 1 aromatic heterocycles. The molecular formula is C40H30N2S. The molecule has 0 N–H and O–H groups in total. The third-order valence-corrected chi connectivity index (χ3v) is 9.76. The first-order chi connectivity index (χ1) is 21.1. The van der Waals surface area contributed by atoms with Crippen LogP contribution in [0.5, 0.6) is 0 Å². The zero-order valence-corrected chi connectivity index (χ0v) is 25.0. The van der Waals surface area contributed by atoms with E-state index in [1.54, 1.807) is 11.3 Å². The third kappa shape index (κ3) is 4.36. The summed E-state index contributed by atoms with van der Waals surface area (Å²) in [5, 5.41) is 1.07. The normalized spacial score (nSPS) is 13.1. The van der Waals surface area contributed by atoms with E-state index in [0.29, 0.717) is 0 Å². The number of thiazole rings is 1. The fourth-order valence-corrected chi connectivity index (χ4v) is 7.44. The van der Waals surface area contributed by atoms with Gasteiger partial charge >= 0.3 is 0 Å². The van der Waals surface area contributed by atoms with Gasteiger partial charge in [-0.05, 0) is 81.9 Å². The SMILES string of the molecule is CC1(C)c2cc(N(c3ccccc3)c3ccc(-c4ccccc4)cc3)ccc2-c2cc3sc(-c4ccccc4)nc3cc21.